The standard InChI is InChI=1S/C10H18BrN3OS/c1-9(2,3)12-8(16)14-13-7(15)10(4)5-6(10)11/h6H,5H2,1-4H3,(H,13,15)(H2,12,14,16)/t6-,10+/m0/s1. The van der Waals surface area contributed by atoms with Crippen molar-refractivity contribution in [3.63, 3.8) is 0 Å². The van der Waals surface area contributed by atoms with Crippen molar-refractivity contribution in [3.8, 4) is 0 Å². The molecule has 1 aliphatic carbocycles. The van der Waals surface area contributed by atoms with Crippen molar-refractivity contribution in [1.29, 1.82) is 0 Å². The molecule has 0 aromatic rings. The van der Waals surface area contributed by atoms with Gasteiger partial charge in [0, 0.05) is 10.4 Å². The molecule has 0 saturated heterocycles. The number of nitrogens with one attached hydrogen (secondary N) is 3. The number of thiocarbonyl (C=S) groups is 1. The number of alkyl halides is 1. The van der Waals surface area contributed by atoms with E-state index in [1.165, 1.54) is 0 Å². The second kappa shape index (κ2) is 4.49. The minimum Gasteiger partial charge on any atom is -0.357 e. The number of halogens is 1. The third-order valence-corrected chi connectivity index (χ3v) is 3.97. The molecule has 0 aliphatic heterocycles. The Morgan fingerprint density at radius 1 is 1.44 bits per heavy atom. The molecule has 16 heavy (non-hydrogen) atoms. The van der Waals surface area contributed by atoms with Crippen molar-refractivity contribution in [3.05, 3.63) is 0 Å². The van der Waals surface area contributed by atoms with E-state index in [0.29, 0.717) is 5.11 Å². The van der Waals surface area contributed by atoms with E-state index in [9.17, 15) is 4.79 Å². The lowest BCUT2D eigenvalue weighted by Crippen LogP contribution is -2.53. The monoisotopic (exact) mass is 307 g/mol. The summed E-state index contributed by atoms with van der Waals surface area (Å²) in [6, 6.07) is 0. The maximum atomic E-state index is 11.7. The summed E-state index contributed by atoms with van der Waals surface area (Å²) < 4.78 is 0. The molecular weight excluding hydrogens is 290 g/mol. The smallest absolute Gasteiger partial charge is 0.245 e. The molecule has 4 nitrogen and oxygen atoms in total. The number of hydrogen-bond donors (Lipinski definition) is 3. The number of carbonyl (C=O) groups excluding carboxylic acids is 1. The highest BCUT2D eigenvalue weighted by molar-refractivity contribution is 9.09. The van der Waals surface area contributed by atoms with Crippen LogP contribution in [-0.2, 0) is 4.79 Å². The van der Waals surface area contributed by atoms with Gasteiger partial charge in [0.2, 0.25) is 5.91 Å². The Morgan fingerprint density at radius 3 is 2.31 bits per heavy atom. The average molecular weight is 308 g/mol. The molecule has 1 saturated carbocycles. The molecule has 92 valence electrons. The third-order valence-electron chi connectivity index (χ3n) is 2.43. The fraction of sp³-hybridized carbons (Fsp3) is 0.800. The Bertz CT molecular complexity index is 316. The van der Waals surface area contributed by atoms with E-state index < -0.39 is 0 Å². The molecule has 0 aromatic heterocycles. The van der Waals surface area contributed by atoms with Gasteiger partial charge >= 0.3 is 0 Å². The SMILES string of the molecule is CC(C)(C)NC(=S)NNC(=O)[C@]1(C)C[C@@H]1Br. The largest absolute Gasteiger partial charge is 0.357 e. The number of amides is 1. The summed E-state index contributed by atoms with van der Waals surface area (Å²) in [6.07, 6.45) is 0.861. The van der Waals surface area contributed by atoms with Gasteiger partial charge in [-0.05, 0) is 46.3 Å². The van der Waals surface area contributed by atoms with Gasteiger partial charge in [-0.1, -0.05) is 15.9 Å². The first-order valence-electron chi connectivity index (χ1n) is 5.18. The molecule has 0 unspecified atom stereocenters. The van der Waals surface area contributed by atoms with Crippen molar-refractivity contribution in [2.24, 2.45) is 5.41 Å². The molecule has 0 bridgehead atoms. The lowest BCUT2D eigenvalue weighted by molar-refractivity contribution is -0.126. The molecule has 0 aromatic carbocycles. The molecule has 0 heterocycles. The van der Waals surface area contributed by atoms with Crippen molar-refractivity contribution in [2.45, 2.75) is 44.5 Å². The third kappa shape index (κ3) is 3.59. The highest BCUT2D eigenvalue weighted by Crippen LogP contribution is 2.51. The van der Waals surface area contributed by atoms with E-state index in [2.05, 4.69) is 32.1 Å². The molecule has 1 rings (SSSR count). The summed E-state index contributed by atoms with van der Waals surface area (Å²) in [6.45, 7) is 7.92. The zero-order valence-electron chi connectivity index (χ0n) is 9.98. The summed E-state index contributed by atoms with van der Waals surface area (Å²) in [4.78, 5) is 12.0. The first-order chi connectivity index (χ1) is 7.15. The van der Waals surface area contributed by atoms with E-state index in [0.717, 1.165) is 6.42 Å². The van der Waals surface area contributed by atoms with E-state index in [1.807, 2.05) is 27.7 Å². The highest BCUT2D eigenvalue weighted by Gasteiger charge is 2.54. The minimum atomic E-state index is -0.301. The summed E-state index contributed by atoms with van der Waals surface area (Å²) in [5.41, 5.74) is 4.91. The van der Waals surface area contributed by atoms with Crippen LogP contribution in [-0.4, -0.2) is 21.4 Å². The second-order valence-electron chi connectivity index (χ2n) is 5.37. The van der Waals surface area contributed by atoms with Crippen LogP contribution >= 0.6 is 28.1 Å². The van der Waals surface area contributed by atoms with Crippen LogP contribution in [0.25, 0.3) is 0 Å². The van der Waals surface area contributed by atoms with Gasteiger partial charge in [0.25, 0.3) is 0 Å². The van der Waals surface area contributed by atoms with E-state index >= 15 is 0 Å². The minimum absolute atomic E-state index is 0.0348. The zero-order chi connectivity index (χ0) is 12.6. The van der Waals surface area contributed by atoms with Gasteiger partial charge in [0.1, 0.15) is 0 Å². The molecule has 6 heteroatoms. The van der Waals surface area contributed by atoms with Crippen LogP contribution in [0.1, 0.15) is 34.1 Å². The fourth-order valence-electron chi connectivity index (χ4n) is 1.18. The Kier molecular flexibility index (Phi) is 3.84. The van der Waals surface area contributed by atoms with Gasteiger partial charge in [-0.2, -0.15) is 0 Å². The predicted molar refractivity (Wildman–Crippen MR) is 72.2 cm³/mol. The van der Waals surface area contributed by atoms with E-state index in [4.69, 9.17) is 12.2 Å². The summed E-state index contributed by atoms with van der Waals surface area (Å²) in [5, 5.41) is 3.48. The first-order valence-corrected chi connectivity index (χ1v) is 6.50. The quantitative estimate of drug-likeness (QED) is 0.390. The molecule has 1 amide bonds. The Labute approximate surface area is 110 Å². The number of carbonyl (C=O) groups is 1. The van der Waals surface area contributed by atoms with E-state index in [-0.39, 0.29) is 21.7 Å². The zero-order valence-corrected chi connectivity index (χ0v) is 12.4. The van der Waals surface area contributed by atoms with Crippen LogP contribution in [0.2, 0.25) is 0 Å². The molecular formula is C10H18BrN3OS. The Balaban J connectivity index is 2.30. The van der Waals surface area contributed by atoms with Gasteiger partial charge in [0.05, 0.1) is 5.41 Å². The van der Waals surface area contributed by atoms with Gasteiger partial charge < -0.3 is 5.32 Å². The number of hydrazine groups is 1. The van der Waals surface area contributed by atoms with Crippen LogP contribution in [0.15, 0.2) is 0 Å². The maximum absolute atomic E-state index is 11.7. The van der Waals surface area contributed by atoms with E-state index in [1.54, 1.807) is 0 Å². The molecule has 3 N–H and O–H groups in total. The van der Waals surface area contributed by atoms with Gasteiger partial charge in [-0.25, -0.2) is 0 Å². The fourth-order valence-corrected chi connectivity index (χ4v) is 2.41. The lowest BCUT2D eigenvalue weighted by atomic mass is 10.1. The van der Waals surface area contributed by atoms with Crippen molar-refractivity contribution >= 4 is 39.2 Å². The number of hydrogen-bond acceptors (Lipinski definition) is 2. The maximum Gasteiger partial charge on any atom is 0.245 e. The van der Waals surface area contributed by atoms with Crippen LogP contribution in [0.5, 0.6) is 0 Å². The second-order valence-corrected chi connectivity index (χ2v) is 6.89. The van der Waals surface area contributed by atoms with Crippen LogP contribution in [0, 0.1) is 5.41 Å². The topological polar surface area (TPSA) is 53.2 Å². The molecule has 1 fully saturated rings. The highest BCUT2D eigenvalue weighted by atomic mass is 79.9. The van der Waals surface area contributed by atoms with Crippen LogP contribution < -0.4 is 16.2 Å². The molecule has 0 radical (unpaired) electrons. The number of rotatable bonds is 1. The summed E-state index contributed by atoms with van der Waals surface area (Å²) in [5.74, 6) is -0.0348. The van der Waals surface area contributed by atoms with Crippen molar-refractivity contribution in [2.75, 3.05) is 0 Å². The van der Waals surface area contributed by atoms with Gasteiger partial charge in [0.15, 0.2) is 5.11 Å². The summed E-state index contributed by atoms with van der Waals surface area (Å²) in [7, 11) is 0. The summed E-state index contributed by atoms with van der Waals surface area (Å²) >= 11 is 8.47. The van der Waals surface area contributed by atoms with Gasteiger partial charge in [-0.15, -0.1) is 0 Å². The molecule has 0 spiro atoms. The van der Waals surface area contributed by atoms with Crippen LogP contribution in [0.3, 0.4) is 0 Å². The van der Waals surface area contributed by atoms with Crippen molar-refractivity contribution in [1.82, 2.24) is 16.2 Å². The molecule has 2 atom stereocenters. The lowest BCUT2D eigenvalue weighted by Gasteiger charge is -2.23. The van der Waals surface area contributed by atoms with Crippen molar-refractivity contribution < 1.29 is 4.79 Å². The first kappa shape index (κ1) is 13.7. The van der Waals surface area contributed by atoms with Crippen LogP contribution in [0.4, 0.5) is 0 Å². The normalized spacial score (nSPS) is 28.2. The molecule has 1 aliphatic rings. The van der Waals surface area contributed by atoms with Gasteiger partial charge in [-0.3, -0.25) is 15.6 Å². The predicted octanol–water partition coefficient (Wildman–Crippen LogP) is 1.45. The Morgan fingerprint density at radius 2 is 1.94 bits per heavy atom. The average Bonchev–Trinajstić information content (AvgIpc) is 2.69. The Hall–Kier alpha value is -0.360.